The van der Waals surface area contributed by atoms with Crippen LogP contribution in [0.4, 0.5) is 0 Å². The lowest BCUT2D eigenvalue weighted by Gasteiger charge is -2.29. The molecule has 2 heteroatoms. The van der Waals surface area contributed by atoms with Crippen LogP contribution in [0.3, 0.4) is 0 Å². The van der Waals surface area contributed by atoms with Crippen molar-refractivity contribution < 1.29 is 9.47 Å². The van der Waals surface area contributed by atoms with E-state index in [-0.39, 0.29) is 6.29 Å². The first kappa shape index (κ1) is 8.25. The van der Waals surface area contributed by atoms with Gasteiger partial charge in [0.2, 0.25) is 0 Å². The average molecular weight is 182 g/mol. The molecule has 2 aliphatic heterocycles. The minimum atomic E-state index is 0.157. The predicted octanol–water partition coefficient (Wildman–Crippen LogP) is 1.90. The number of ether oxygens (including phenoxy) is 2. The van der Waals surface area contributed by atoms with Crippen molar-refractivity contribution in [3.63, 3.8) is 0 Å². The molecule has 3 unspecified atom stereocenters. The highest BCUT2D eigenvalue weighted by atomic mass is 16.7. The van der Waals surface area contributed by atoms with Crippen LogP contribution in [-0.2, 0) is 9.47 Å². The van der Waals surface area contributed by atoms with Gasteiger partial charge in [0.25, 0.3) is 0 Å². The Hall–Kier alpha value is -0.0800. The molecule has 74 valence electrons. The number of hydrogen-bond acceptors (Lipinski definition) is 2. The lowest BCUT2D eigenvalue weighted by atomic mass is 9.81. The van der Waals surface area contributed by atoms with Crippen molar-refractivity contribution >= 4 is 0 Å². The van der Waals surface area contributed by atoms with E-state index in [9.17, 15) is 0 Å². The fourth-order valence-electron chi connectivity index (χ4n) is 3.80. The molecule has 0 aromatic rings. The summed E-state index contributed by atoms with van der Waals surface area (Å²) < 4.78 is 11.4. The lowest BCUT2D eigenvalue weighted by molar-refractivity contribution is -0.166. The van der Waals surface area contributed by atoms with Gasteiger partial charge in [0.1, 0.15) is 0 Å². The standard InChI is InChI=1S/C11H18O2/c1-6(2)10-7-3-8-9(10)5-13-11(8)12-4-7/h6-11H,3-5H2,1-2H3/t7?,8?,9-,10?,11-/m1/s1. The summed E-state index contributed by atoms with van der Waals surface area (Å²) in [6.07, 6.45) is 1.52. The molecular formula is C11H18O2. The van der Waals surface area contributed by atoms with E-state index in [1.807, 2.05) is 0 Å². The predicted molar refractivity (Wildman–Crippen MR) is 49.1 cm³/mol. The quantitative estimate of drug-likeness (QED) is 0.616. The third-order valence-electron chi connectivity index (χ3n) is 4.21. The van der Waals surface area contributed by atoms with Crippen LogP contribution in [0.25, 0.3) is 0 Å². The van der Waals surface area contributed by atoms with E-state index < -0.39 is 0 Å². The van der Waals surface area contributed by atoms with Crippen molar-refractivity contribution in [3.05, 3.63) is 0 Å². The molecule has 0 radical (unpaired) electrons. The lowest BCUT2D eigenvalue weighted by Crippen LogP contribution is -2.30. The highest BCUT2D eigenvalue weighted by Gasteiger charge is 2.54. The Labute approximate surface area is 79.6 Å². The van der Waals surface area contributed by atoms with Crippen LogP contribution in [0.1, 0.15) is 20.3 Å². The van der Waals surface area contributed by atoms with E-state index in [1.54, 1.807) is 0 Å². The smallest absolute Gasteiger partial charge is 0.160 e. The van der Waals surface area contributed by atoms with Gasteiger partial charge in [0, 0.05) is 5.92 Å². The van der Waals surface area contributed by atoms with Crippen LogP contribution in [0, 0.1) is 29.6 Å². The van der Waals surface area contributed by atoms with E-state index >= 15 is 0 Å². The molecule has 2 nitrogen and oxygen atoms in total. The zero-order chi connectivity index (χ0) is 9.00. The first-order chi connectivity index (χ1) is 6.27. The Morgan fingerprint density at radius 3 is 2.62 bits per heavy atom. The Balaban J connectivity index is 1.90. The van der Waals surface area contributed by atoms with Crippen molar-refractivity contribution in [3.8, 4) is 0 Å². The van der Waals surface area contributed by atoms with Crippen molar-refractivity contribution in [2.45, 2.75) is 26.6 Å². The second-order valence-electron chi connectivity index (χ2n) is 5.18. The zero-order valence-electron chi connectivity index (χ0n) is 8.40. The van der Waals surface area contributed by atoms with Gasteiger partial charge in [0.05, 0.1) is 13.2 Å². The molecule has 0 aromatic carbocycles. The molecule has 1 saturated carbocycles. The molecule has 0 spiro atoms. The van der Waals surface area contributed by atoms with Gasteiger partial charge >= 0.3 is 0 Å². The van der Waals surface area contributed by atoms with E-state index in [2.05, 4.69) is 13.8 Å². The molecule has 2 bridgehead atoms. The van der Waals surface area contributed by atoms with Gasteiger partial charge in [-0.05, 0) is 30.1 Å². The Morgan fingerprint density at radius 1 is 1.08 bits per heavy atom. The van der Waals surface area contributed by atoms with E-state index in [0.717, 1.165) is 42.8 Å². The maximum atomic E-state index is 5.71. The van der Waals surface area contributed by atoms with Crippen LogP contribution in [0.15, 0.2) is 0 Å². The summed E-state index contributed by atoms with van der Waals surface area (Å²) in [7, 11) is 0. The summed E-state index contributed by atoms with van der Waals surface area (Å²) in [5.41, 5.74) is 0. The summed E-state index contributed by atoms with van der Waals surface area (Å²) in [5.74, 6) is 4.01. The molecule has 2 saturated heterocycles. The highest BCUT2D eigenvalue weighted by Crippen LogP contribution is 2.53. The van der Waals surface area contributed by atoms with Crippen LogP contribution < -0.4 is 0 Å². The number of fused-ring (bicyclic) bond motifs is 1. The third kappa shape index (κ3) is 1.02. The monoisotopic (exact) mass is 182 g/mol. The molecule has 3 rings (SSSR count). The van der Waals surface area contributed by atoms with Crippen LogP contribution in [0.2, 0.25) is 0 Å². The minimum absolute atomic E-state index is 0.157. The Bertz CT molecular complexity index is 214. The summed E-state index contributed by atoms with van der Waals surface area (Å²) in [6.45, 7) is 6.59. The maximum absolute atomic E-state index is 5.71. The van der Waals surface area contributed by atoms with Gasteiger partial charge in [-0.15, -0.1) is 0 Å². The molecule has 0 aromatic heterocycles. The second-order valence-corrected chi connectivity index (χ2v) is 5.18. The normalized spacial score (nSPS) is 53.3. The van der Waals surface area contributed by atoms with Crippen molar-refractivity contribution in [2.75, 3.05) is 13.2 Å². The van der Waals surface area contributed by atoms with E-state index in [0.29, 0.717) is 0 Å². The molecule has 13 heavy (non-hydrogen) atoms. The van der Waals surface area contributed by atoms with Gasteiger partial charge in [-0.1, -0.05) is 13.8 Å². The molecular weight excluding hydrogens is 164 g/mol. The van der Waals surface area contributed by atoms with Crippen LogP contribution in [0.5, 0.6) is 0 Å². The first-order valence-electron chi connectivity index (χ1n) is 5.50. The van der Waals surface area contributed by atoms with E-state index in [1.165, 1.54) is 6.42 Å². The third-order valence-corrected chi connectivity index (χ3v) is 4.21. The summed E-state index contributed by atoms with van der Waals surface area (Å²) in [4.78, 5) is 0. The largest absolute Gasteiger partial charge is 0.352 e. The Kier molecular flexibility index (Phi) is 1.72. The minimum Gasteiger partial charge on any atom is -0.352 e. The Morgan fingerprint density at radius 2 is 1.85 bits per heavy atom. The fourth-order valence-corrected chi connectivity index (χ4v) is 3.80. The van der Waals surface area contributed by atoms with Gasteiger partial charge in [-0.2, -0.15) is 0 Å². The SMILES string of the molecule is CC(C)C1C2CO[C@@H]3OC[C@@H]1C3C2. The molecule has 0 amide bonds. The second kappa shape index (κ2) is 2.71. The zero-order valence-corrected chi connectivity index (χ0v) is 8.40. The summed E-state index contributed by atoms with van der Waals surface area (Å²) in [6, 6.07) is 0. The molecule has 1 aliphatic carbocycles. The maximum Gasteiger partial charge on any atom is 0.160 e. The van der Waals surface area contributed by atoms with Crippen LogP contribution in [-0.4, -0.2) is 19.5 Å². The van der Waals surface area contributed by atoms with Gasteiger partial charge in [-0.3, -0.25) is 0 Å². The van der Waals surface area contributed by atoms with E-state index in [4.69, 9.17) is 9.47 Å². The van der Waals surface area contributed by atoms with Crippen molar-refractivity contribution in [2.24, 2.45) is 29.6 Å². The fraction of sp³-hybridized carbons (Fsp3) is 1.00. The van der Waals surface area contributed by atoms with Gasteiger partial charge < -0.3 is 9.47 Å². The summed E-state index contributed by atoms with van der Waals surface area (Å²) in [5, 5.41) is 0. The average Bonchev–Trinajstić information content (AvgIpc) is 2.54. The van der Waals surface area contributed by atoms with Gasteiger partial charge in [-0.25, -0.2) is 0 Å². The first-order valence-corrected chi connectivity index (χ1v) is 5.50. The molecule has 5 atom stereocenters. The number of rotatable bonds is 1. The molecule has 0 N–H and O–H groups in total. The highest BCUT2D eigenvalue weighted by molar-refractivity contribution is 4.98. The molecule has 3 fully saturated rings. The molecule has 3 aliphatic rings. The summed E-state index contributed by atoms with van der Waals surface area (Å²) >= 11 is 0. The van der Waals surface area contributed by atoms with Crippen molar-refractivity contribution in [1.82, 2.24) is 0 Å². The van der Waals surface area contributed by atoms with Crippen LogP contribution >= 0.6 is 0 Å². The number of hydrogen-bond donors (Lipinski definition) is 0. The topological polar surface area (TPSA) is 18.5 Å². The van der Waals surface area contributed by atoms with Crippen molar-refractivity contribution in [1.29, 1.82) is 0 Å². The molecule has 2 heterocycles. The van der Waals surface area contributed by atoms with Gasteiger partial charge in [0.15, 0.2) is 6.29 Å².